The summed E-state index contributed by atoms with van der Waals surface area (Å²) in [5.41, 5.74) is 5.52. The molecule has 0 amide bonds. The first kappa shape index (κ1) is 22.5. The lowest BCUT2D eigenvalue weighted by molar-refractivity contribution is 0.107. The molecule has 0 saturated carbocycles. The second-order valence-corrected chi connectivity index (χ2v) is 9.03. The summed E-state index contributed by atoms with van der Waals surface area (Å²) in [6, 6.07) is 27.5. The third-order valence-electron chi connectivity index (χ3n) is 6.37. The predicted molar refractivity (Wildman–Crippen MR) is 134 cm³/mol. The molecule has 6 heteroatoms. The van der Waals surface area contributed by atoms with Crippen LogP contribution >= 0.6 is 34.8 Å². The van der Waals surface area contributed by atoms with Crippen LogP contribution in [0.15, 0.2) is 91.0 Å². The molecule has 0 unspecified atom stereocenters. The van der Waals surface area contributed by atoms with Gasteiger partial charge in [0.05, 0.1) is 5.41 Å². The summed E-state index contributed by atoms with van der Waals surface area (Å²) in [5, 5.41) is -1.64. The van der Waals surface area contributed by atoms with Crippen molar-refractivity contribution in [3.05, 3.63) is 130 Å². The van der Waals surface area contributed by atoms with Crippen molar-refractivity contribution in [1.82, 2.24) is 0 Å². The number of carbonyl (C=O) groups excluding carboxylic acids is 3. The first-order valence-corrected chi connectivity index (χ1v) is 11.5. The summed E-state index contributed by atoms with van der Waals surface area (Å²) >= 11 is 17.4. The molecule has 0 heterocycles. The van der Waals surface area contributed by atoms with Gasteiger partial charge in [-0.15, -0.1) is 0 Å². The molecule has 34 heavy (non-hydrogen) atoms. The Hall–Kier alpha value is -3.24. The Morgan fingerprint density at radius 1 is 0.529 bits per heavy atom. The SMILES string of the molecule is O=C(Cl)c1ccc(C2(c3ccc(C(=O)Cl)cc3)c3ccccc3-c3c(C(=O)Cl)cccc32)cc1. The molecular weight excluding hydrogens is 491 g/mol. The van der Waals surface area contributed by atoms with E-state index < -0.39 is 21.1 Å². The highest BCUT2D eigenvalue weighted by Gasteiger charge is 2.47. The maximum Gasteiger partial charge on any atom is 0.253 e. The molecule has 0 fully saturated rings. The molecule has 166 valence electrons. The molecular formula is C28H15Cl3O3. The fourth-order valence-electron chi connectivity index (χ4n) is 4.98. The quantitative estimate of drug-likeness (QED) is 0.238. The molecule has 0 atom stereocenters. The van der Waals surface area contributed by atoms with Crippen molar-refractivity contribution in [2.45, 2.75) is 5.41 Å². The van der Waals surface area contributed by atoms with Gasteiger partial charge < -0.3 is 0 Å². The third-order valence-corrected chi connectivity index (χ3v) is 7.01. The maximum absolute atomic E-state index is 12.4. The van der Waals surface area contributed by atoms with Crippen LogP contribution in [0.5, 0.6) is 0 Å². The second-order valence-electron chi connectivity index (χ2n) is 8.00. The summed E-state index contributed by atoms with van der Waals surface area (Å²) < 4.78 is 0. The average Bonchev–Trinajstić information content (AvgIpc) is 3.15. The van der Waals surface area contributed by atoms with Crippen molar-refractivity contribution in [3.8, 4) is 11.1 Å². The minimum Gasteiger partial charge on any atom is -0.276 e. The molecule has 0 aliphatic heterocycles. The number of rotatable bonds is 5. The summed E-state index contributed by atoms with van der Waals surface area (Å²) in [4.78, 5) is 35.8. The molecule has 1 aliphatic carbocycles. The minimum atomic E-state index is -0.837. The first-order chi connectivity index (χ1) is 16.4. The van der Waals surface area contributed by atoms with E-state index in [9.17, 15) is 14.4 Å². The molecule has 0 saturated heterocycles. The van der Waals surface area contributed by atoms with E-state index in [0.717, 1.165) is 33.4 Å². The fraction of sp³-hybridized carbons (Fsp3) is 0.0357. The summed E-state index contributed by atoms with van der Waals surface area (Å²) in [7, 11) is 0. The standard InChI is InChI=1S/C28H15Cl3O3/c29-25(32)16-8-12-18(13-9-16)28(19-14-10-17(11-15-19)26(30)33)22-6-2-1-4-20(22)24-21(27(31)34)5-3-7-23(24)28/h1-15H. The van der Waals surface area contributed by atoms with E-state index >= 15 is 0 Å². The number of hydrogen-bond donors (Lipinski definition) is 0. The highest BCUT2D eigenvalue weighted by molar-refractivity contribution is 6.68. The highest BCUT2D eigenvalue weighted by atomic mass is 35.5. The third kappa shape index (κ3) is 3.32. The summed E-state index contributed by atoms with van der Waals surface area (Å²) in [6.45, 7) is 0. The number of halogens is 3. The Labute approximate surface area is 210 Å². The van der Waals surface area contributed by atoms with E-state index in [4.69, 9.17) is 34.8 Å². The van der Waals surface area contributed by atoms with Gasteiger partial charge in [-0.05, 0) is 98.5 Å². The van der Waals surface area contributed by atoms with E-state index in [2.05, 4.69) is 0 Å². The van der Waals surface area contributed by atoms with Crippen LogP contribution in [0, 0.1) is 0 Å². The van der Waals surface area contributed by atoms with Gasteiger partial charge in [0.1, 0.15) is 0 Å². The lowest BCUT2D eigenvalue weighted by atomic mass is 9.67. The topological polar surface area (TPSA) is 51.2 Å². The fourth-order valence-corrected chi connectivity index (χ4v) is 5.39. The van der Waals surface area contributed by atoms with Crippen LogP contribution in [0.25, 0.3) is 11.1 Å². The Bertz CT molecular complexity index is 1410. The molecule has 0 radical (unpaired) electrons. The van der Waals surface area contributed by atoms with Gasteiger partial charge in [0.2, 0.25) is 0 Å². The normalized spacial score (nSPS) is 13.1. The zero-order valence-electron chi connectivity index (χ0n) is 17.5. The number of benzene rings is 4. The van der Waals surface area contributed by atoms with Crippen LogP contribution in [0.1, 0.15) is 53.3 Å². The van der Waals surface area contributed by atoms with Gasteiger partial charge in [-0.2, -0.15) is 0 Å². The summed E-state index contributed by atoms with van der Waals surface area (Å²) in [6.07, 6.45) is 0. The number of fused-ring (bicyclic) bond motifs is 3. The molecule has 0 aromatic heterocycles. The molecule has 1 aliphatic rings. The Morgan fingerprint density at radius 2 is 1.03 bits per heavy atom. The zero-order valence-corrected chi connectivity index (χ0v) is 19.8. The van der Waals surface area contributed by atoms with Crippen LogP contribution in [0.4, 0.5) is 0 Å². The Morgan fingerprint density at radius 3 is 1.53 bits per heavy atom. The molecule has 3 nitrogen and oxygen atoms in total. The lowest BCUT2D eigenvalue weighted by Crippen LogP contribution is -2.28. The molecule has 0 bridgehead atoms. The van der Waals surface area contributed by atoms with Gasteiger partial charge in [-0.1, -0.05) is 60.7 Å². The van der Waals surface area contributed by atoms with Gasteiger partial charge >= 0.3 is 0 Å². The first-order valence-electron chi connectivity index (χ1n) is 10.4. The minimum absolute atomic E-state index is 0.375. The van der Waals surface area contributed by atoms with E-state index in [0.29, 0.717) is 16.7 Å². The molecule has 0 spiro atoms. The molecule has 4 aromatic carbocycles. The van der Waals surface area contributed by atoms with Gasteiger partial charge in [0, 0.05) is 16.7 Å². The van der Waals surface area contributed by atoms with Crippen molar-refractivity contribution in [3.63, 3.8) is 0 Å². The van der Waals surface area contributed by atoms with Crippen molar-refractivity contribution in [1.29, 1.82) is 0 Å². The van der Waals surface area contributed by atoms with E-state index in [1.54, 1.807) is 30.3 Å². The molecule has 4 aromatic rings. The van der Waals surface area contributed by atoms with Gasteiger partial charge in [0.25, 0.3) is 15.7 Å². The highest BCUT2D eigenvalue weighted by Crippen LogP contribution is 2.57. The van der Waals surface area contributed by atoms with Crippen molar-refractivity contribution < 1.29 is 14.4 Å². The smallest absolute Gasteiger partial charge is 0.253 e. The zero-order chi connectivity index (χ0) is 24.0. The van der Waals surface area contributed by atoms with Gasteiger partial charge in [-0.3, -0.25) is 14.4 Å². The lowest BCUT2D eigenvalue weighted by Gasteiger charge is -2.34. The molecule has 5 rings (SSSR count). The Kier molecular flexibility index (Phi) is 5.65. The number of hydrogen-bond acceptors (Lipinski definition) is 3. The van der Waals surface area contributed by atoms with Crippen molar-refractivity contribution >= 4 is 50.5 Å². The monoisotopic (exact) mass is 504 g/mol. The van der Waals surface area contributed by atoms with Crippen LogP contribution in [0.3, 0.4) is 0 Å². The average molecular weight is 506 g/mol. The second kappa shape index (κ2) is 8.52. The van der Waals surface area contributed by atoms with Gasteiger partial charge in [0.15, 0.2) is 0 Å². The van der Waals surface area contributed by atoms with Crippen LogP contribution in [0.2, 0.25) is 0 Å². The van der Waals surface area contributed by atoms with Crippen LogP contribution in [-0.4, -0.2) is 15.7 Å². The van der Waals surface area contributed by atoms with Crippen molar-refractivity contribution in [2.24, 2.45) is 0 Å². The number of carbonyl (C=O) groups is 3. The largest absolute Gasteiger partial charge is 0.276 e. The summed E-state index contributed by atoms with van der Waals surface area (Å²) in [5.74, 6) is 0. The van der Waals surface area contributed by atoms with E-state index in [1.807, 2.05) is 60.7 Å². The predicted octanol–water partition coefficient (Wildman–Crippen LogP) is 7.19. The maximum atomic E-state index is 12.4. The van der Waals surface area contributed by atoms with E-state index in [-0.39, 0.29) is 0 Å². The Balaban J connectivity index is 1.92. The van der Waals surface area contributed by atoms with E-state index in [1.165, 1.54) is 0 Å². The van der Waals surface area contributed by atoms with Gasteiger partial charge in [-0.25, -0.2) is 0 Å². The molecule has 0 N–H and O–H groups in total. The van der Waals surface area contributed by atoms with Crippen LogP contribution < -0.4 is 0 Å². The van der Waals surface area contributed by atoms with Crippen LogP contribution in [-0.2, 0) is 5.41 Å². The van der Waals surface area contributed by atoms with Crippen molar-refractivity contribution in [2.75, 3.05) is 0 Å².